The third kappa shape index (κ3) is 2.94. The third-order valence-corrected chi connectivity index (χ3v) is 2.18. The molecule has 0 aliphatic rings. The summed E-state index contributed by atoms with van der Waals surface area (Å²) in [5, 5.41) is 0. The molecule has 4 nitrogen and oxygen atoms in total. The van der Waals surface area contributed by atoms with Crippen LogP contribution in [0.2, 0.25) is 0 Å². The second kappa shape index (κ2) is 5.31. The average molecular weight is 208 g/mol. The molecule has 0 N–H and O–H groups in total. The molecule has 0 rings (SSSR count). The molecule has 0 fully saturated rings. The van der Waals surface area contributed by atoms with E-state index in [1.54, 1.807) is 13.8 Å². The van der Waals surface area contributed by atoms with Gasteiger partial charge in [0.1, 0.15) is 0 Å². The minimum Gasteiger partial charge on any atom is -0.281 e. The Bertz CT molecular complexity index is 166. The molecule has 0 saturated heterocycles. The lowest BCUT2D eigenvalue weighted by Gasteiger charge is -2.16. The zero-order valence-electron chi connectivity index (χ0n) is 7.02. The topological polar surface area (TPSA) is 40.6 Å². The second-order valence-corrected chi connectivity index (χ2v) is 3.01. The van der Waals surface area contributed by atoms with E-state index in [9.17, 15) is 9.59 Å². The number of thiol groups is 2. The van der Waals surface area contributed by atoms with Gasteiger partial charge in [0.25, 0.3) is 0 Å². The lowest BCUT2D eigenvalue weighted by Crippen LogP contribution is -2.37. The summed E-state index contributed by atoms with van der Waals surface area (Å²) in [6, 6.07) is 0. The van der Waals surface area contributed by atoms with Crippen LogP contribution < -0.4 is 0 Å². The van der Waals surface area contributed by atoms with Gasteiger partial charge in [0.05, 0.1) is 0 Å². The molecule has 12 heavy (non-hydrogen) atoms. The van der Waals surface area contributed by atoms with Crippen molar-refractivity contribution in [3.05, 3.63) is 0 Å². The van der Waals surface area contributed by atoms with Crippen LogP contribution in [0.1, 0.15) is 13.8 Å². The van der Waals surface area contributed by atoms with Gasteiger partial charge in [-0.25, -0.2) is 0 Å². The monoisotopic (exact) mass is 208 g/mol. The summed E-state index contributed by atoms with van der Waals surface area (Å²) in [7, 11) is 0. The van der Waals surface area contributed by atoms with Gasteiger partial charge < -0.3 is 0 Å². The van der Waals surface area contributed by atoms with Crippen molar-refractivity contribution in [2.24, 2.45) is 0 Å². The molecule has 0 unspecified atom stereocenters. The van der Waals surface area contributed by atoms with E-state index in [-0.39, 0.29) is 0 Å². The van der Waals surface area contributed by atoms with Gasteiger partial charge in [-0.1, -0.05) is 25.6 Å². The van der Waals surface area contributed by atoms with E-state index in [0.717, 1.165) is 8.61 Å². The molecule has 0 saturated carbocycles. The maximum Gasteiger partial charge on any atom is 0.322 e. The summed E-state index contributed by atoms with van der Waals surface area (Å²) in [5.41, 5.74) is 0. The number of hydrogen-bond acceptors (Lipinski definition) is 4. The van der Waals surface area contributed by atoms with Crippen LogP contribution in [0.15, 0.2) is 0 Å². The molecule has 0 heterocycles. The van der Waals surface area contributed by atoms with Crippen molar-refractivity contribution in [2.45, 2.75) is 13.8 Å². The molecule has 0 bridgehead atoms. The van der Waals surface area contributed by atoms with E-state index in [0.29, 0.717) is 13.1 Å². The van der Waals surface area contributed by atoms with Gasteiger partial charge in [0.15, 0.2) is 0 Å². The van der Waals surface area contributed by atoms with Crippen LogP contribution in [0.4, 0.5) is 0 Å². The first-order chi connectivity index (χ1) is 5.54. The normalized spacial score (nSPS) is 9.33. The fraction of sp³-hybridized carbons (Fsp3) is 0.667. The number of amides is 2. The molecule has 0 aliphatic carbocycles. The summed E-state index contributed by atoms with van der Waals surface area (Å²) < 4.78 is 2.09. The van der Waals surface area contributed by atoms with Gasteiger partial charge in [0, 0.05) is 13.1 Å². The van der Waals surface area contributed by atoms with Crippen molar-refractivity contribution in [3.63, 3.8) is 0 Å². The van der Waals surface area contributed by atoms with Crippen molar-refractivity contribution in [2.75, 3.05) is 13.1 Å². The maximum absolute atomic E-state index is 11.1. The van der Waals surface area contributed by atoms with Gasteiger partial charge in [0.2, 0.25) is 0 Å². The highest BCUT2D eigenvalue weighted by atomic mass is 32.1. The van der Waals surface area contributed by atoms with Crippen molar-refractivity contribution in [1.82, 2.24) is 8.61 Å². The standard InChI is InChI=1S/C6H12N2O2S2/c1-3-7(11)5(9)6(10)8(12)4-2/h11-12H,3-4H2,1-2H3. The first kappa shape index (κ1) is 11.6. The molecule has 0 radical (unpaired) electrons. The van der Waals surface area contributed by atoms with Crippen molar-refractivity contribution < 1.29 is 9.59 Å². The Morgan fingerprint density at radius 3 is 1.42 bits per heavy atom. The predicted molar refractivity (Wildman–Crippen MR) is 52.7 cm³/mol. The van der Waals surface area contributed by atoms with Gasteiger partial charge in [-0.3, -0.25) is 18.2 Å². The molecule has 0 spiro atoms. The zero-order valence-corrected chi connectivity index (χ0v) is 8.81. The average Bonchev–Trinajstić information content (AvgIpc) is 2.12. The summed E-state index contributed by atoms with van der Waals surface area (Å²) in [6.45, 7) is 4.23. The number of carbonyl (C=O) groups is 2. The van der Waals surface area contributed by atoms with E-state index >= 15 is 0 Å². The Morgan fingerprint density at radius 1 is 1.00 bits per heavy atom. The summed E-state index contributed by atoms with van der Waals surface area (Å²) in [5.74, 6) is -1.31. The van der Waals surface area contributed by atoms with E-state index in [1.807, 2.05) is 0 Å². The van der Waals surface area contributed by atoms with Crippen LogP contribution in [-0.4, -0.2) is 33.5 Å². The highest BCUT2D eigenvalue weighted by Crippen LogP contribution is 2.00. The number of rotatable bonds is 2. The van der Waals surface area contributed by atoms with Crippen LogP contribution in [-0.2, 0) is 9.59 Å². The lowest BCUT2D eigenvalue weighted by atomic mass is 10.5. The molecular weight excluding hydrogens is 196 g/mol. The maximum atomic E-state index is 11.1. The van der Waals surface area contributed by atoms with E-state index < -0.39 is 11.8 Å². The largest absolute Gasteiger partial charge is 0.322 e. The minimum absolute atomic E-state index is 0.388. The quantitative estimate of drug-likeness (QED) is 0.508. The minimum atomic E-state index is -0.655. The molecule has 0 aromatic rings. The van der Waals surface area contributed by atoms with Gasteiger partial charge >= 0.3 is 11.8 Å². The molecule has 2 amide bonds. The fourth-order valence-corrected chi connectivity index (χ4v) is 0.679. The Balaban J connectivity index is 4.19. The number of nitrogens with zero attached hydrogens (tertiary/aromatic N) is 2. The number of likely N-dealkylation sites (N-methyl/N-ethyl adjacent to an activating group) is 2. The Kier molecular flexibility index (Phi) is 5.16. The summed E-state index contributed by atoms with van der Waals surface area (Å²) in [6.07, 6.45) is 0. The number of carbonyl (C=O) groups excluding carboxylic acids is 2. The highest BCUT2D eigenvalue weighted by molar-refractivity contribution is 7.79. The SMILES string of the molecule is CCN(S)C(=O)C(=O)N(S)CC. The van der Waals surface area contributed by atoms with Crippen LogP contribution >= 0.6 is 25.6 Å². The van der Waals surface area contributed by atoms with E-state index in [1.165, 1.54) is 0 Å². The lowest BCUT2D eigenvalue weighted by molar-refractivity contribution is -0.145. The molecule has 0 aliphatic heterocycles. The Morgan fingerprint density at radius 2 is 1.25 bits per heavy atom. The molecule has 0 aromatic heterocycles. The van der Waals surface area contributed by atoms with Gasteiger partial charge in [-0.2, -0.15) is 0 Å². The summed E-state index contributed by atoms with van der Waals surface area (Å²) >= 11 is 7.60. The van der Waals surface area contributed by atoms with Crippen molar-refractivity contribution >= 4 is 37.4 Å². The smallest absolute Gasteiger partial charge is 0.281 e. The predicted octanol–water partition coefficient (Wildman–Crippen LogP) is 0.373. The van der Waals surface area contributed by atoms with Crippen LogP contribution in [0, 0.1) is 0 Å². The van der Waals surface area contributed by atoms with E-state index in [4.69, 9.17) is 0 Å². The Labute approximate surface area is 83.0 Å². The molecule has 6 heteroatoms. The molecular formula is C6H12N2O2S2. The molecule has 70 valence electrons. The van der Waals surface area contributed by atoms with E-state index in [2.05, 4.69) is 25.6 Å². The fourth-order valence-electron chi connectivity index (χ4n) is 0.508. The van der Waals surface area contributed by atoms with Crippen molar-refractivity contribution in [1.29, 1.82) is 0 Å². The van der Waals surface area contributed by atoms with Crippen molar-refractivity contribution in [3.8, 4) is 0 Å². The number of hydrogen-bond donors (Lipinski definition) is 2. The van der Waals surface area contributed by atoms with Gasteiger partial charge in [-0.15, -0.1) is 0 Å². The first-order valence-corrected chi connectivity index (χ1v) is 4.35. The van der Waals surface area contributed by atoms with Crippen LogP contribution in [0.25, 0.3) is 0 Å². The summed E-state index contributed by atoms with van der Waals surface area (Å²) in [4.78, 5) is 22.2. The van der Waals surface area contributed by atoms with Crippen LogP contribution in [0.5, 0.6) is 0 Å². The highest BCUT2D eigenvalue weighted by Gasteiger charge is 2.21. The molecule has 0 atom stereocenters. The first-order valence-electron chi connectivity index (χ1n) is 3.55. The third-order valence-electron chi connectivity index (χ3n) is 1.25. The van der Waals surface area contributed by atoms with Gasteiger partial charge in [-0.05, 0) is 13.8 Å². The van der Waals surface area contributed by atoms with Crippen LogP contribution in [0.3, 0.4) is 0 Å². The second-order valence-electron chi connectivity index (χ2n) is 2.04. The zero-order chi connectivity index (χ0) is 9.72. The Hall–Kier alpha value is -0.360. The molecule has 0 aromatic carbocycles.